The van der Waals surface area contributed by atoms with Crippen molar-refractivity contribution in [3.8, 4) is 0 Å². The Kier molecular flexibility index (Phi) is 4.32. The number of benzene rings is 2. The highest BCUT2D eigenvalue weighted by atomic mass is 14.9. The van der Waals surface area contributed by atoms with E-state index in [1.165, 1.54) is 16.7 Å². The Morgan fingerprint density at radius 1 is 0.857 bits per heavy atom. The van der Waals surface area contributed by atoms with Crippen LogP contribution in [0.1, 0.15) is 34.7 Å². The van der Waals surface area contributed by atoms with Crippen molar-refractivity contribution in [3.63, 3.8) is 0 Å². The Bertz CT molecular complexity index is 708. The van der Waals surface area contributed by atoms with Crippen LogP contribution in [0.3, 0.4) is 0 Å². The molecule has 0 aliphatic rings. The van der Waals surface area contributed by atoms with Crippen LogP contribution in [0.4, 0.5) is 5.69 Å². The van der Waals surface area contributed by atoms with Gasteiger partial charge in [-0.05, 0) is 56.0 Å². The third kappa shape index (κ3) is 3.25. The van der Waals surface area contributed by atoms with E-state index >= 15 is 0 Å². The molecule has 0 atom stereocenters. The molecule has 1 nitrogen and oxygen atoms in total. The molecule has 0 aromatic heterocycles. The average molecular weight is 277 g/mol. The summed E-state index contributed by atoms with van der Waals surface area (Å²) in [6.45, 7) is 16.7. The summed E-state index contributed by atoms with van der Waals surface area (Å²) in [5.74, 6) is 0. The molecule has 0 saturated carbocycles. The smallest absolute Gasteiger partial charge is 0.0416 e. The number of hydrogen-bond donors (Lipinski definition) is 1. The zero-order valence-electron chi connectivity index (χ0n) is 13.4. The normalized spacial score (nSPS) is 10.3. The quantitative estimate of drug-likeness (QED) is 0.752. The van der Waals surface area contributed by atoms with E-state index in [9.17, 15) is 0 Å². The molecule has 0 bridgehead atoms. The van der Waals surface area contributed by atoms with E-state index in [4.69, 9.17) is 0 Å². The van der Waals surface area contributed by atoms with Gasteiger partial charge >= 0.3 is 0 Å². The Morgan fingerprint density at radius 3 is 2.05 bits per heavy atom. The fourth-order valence-electron chi connectivity index (χ4n) is 2.44. The molecule has 2 rings (SSSR count). The first-order chi connectivity index (χ1) is 9.90. The van der Waals surface area contributed by atoms with Crippen LogP contribution in [-0.4, -0.2) is 0 Å². The lowest BCUT2D eigenvalue weighted by molar-refractivity contribution is 1.29. The van der Waals surface area contributed by atoms with Crippen LogP contribution in [0.5, 0.6) is 0 Å². The third-order valence-electron chi connectivity index (χ3n) is 3.84. The monoisotopic (exact) mass is 277 g/mol. The third-order valence-corrected chi connectivity index (χ3v) is 3.84. The fraction of sp³-hybridized carbons (Fsp3) is 0.200. The number of rotatable bonds is 4. The first kappa shape index (κ1) is 15.1. The van der Waals surface area contributed by atoms with Gasteiger partial charge in [0.15, 0.2) is 0 Å². The highest BCUT2D eigenvalue weighted by molar-refractivity contribution is 5.83. The molecular formula is C20H23N. The van der Waals surface area contributed by atoms with Crippen LogP contribution in [0, 0.1) is 20.8 Å². The summed E-state index contributed by atoms with van der Waals surface area (Å²) < 4.78 is 0. The maximum Gasteiger partial charge on any atom is 0.0416 e. The van der Waals surface area contributed by atoms with E-state index < -0.39 is 0 Å². The molecule has 0 radical (unpaired) electrons. The van der Waals surface area contributed by atoms with E-state index in [1.54, 1.807) is 0 Å². The van der Waals surface area contributed by atoms with Gasteiger partial charge < -0.3 is 5.32 Å². The minimum atomic E-state index is 0.903. The average Bonchev–Trinajstić information content (AvgIpc) is 2.44. The molecule has 0 aliphatic heterocycles. The van der Waals surface area contributed by atoms with Crippen molar-refractivity contribution < 1.29 is 0 Å². The molecule has 0 aliphatic carbocycles. The van der Waals surface area contributed by atoms with Crippen molar-refractivity contribution in [2.45, 2.75) is 27.7 Å². The van der Waals surface area contributed by atoms with Gasteiger partial charge in [0, 0.05) is 16.9 Å². The summed E-state index contributed by atoms with van der Waals surface area (Å²) >= 11 is 0. The lowest BCUT2D eigenvalue weighted by atomic mass is 9.99. The second-order valence-electron chi connectivity index (χ2n) is 5.68. The summed E-state index contributed by atoms with van der Waals surface area (Å²) in [5.41, 5.74) is 9.12. The van der Waals surface area contributed by atoms with E-state index in [0.29, 0.717) is 0 Å². The summed E-state index contributed by atoms with van der Waals surface area (Å²) in [6, 6.07) is 12.6. The Labute approximate surface area is 128 Å². The largest absolute Gasteiger partial charge is 0.355 e. The lowest BCUT2D eigenvalue weighted by Gasteiger charge is -2.17. The molecule has 108 valence electrons. The standard InChI is InChI=1S/C20H23N/c1-13(2)18-9-7-8-10-19(18)17(6)21-20-12-15(4)14(3)11-16(20)5/h7-12,21H,1,6H2,2-5H3. The number of nitrogens with one attached hydrogen (secondary N) is 1. The molecule has 1 heteroatoms. The SMILES string of the molecule is C=C(C)c1ccccc1C(=C)Nc1cc(C)c(C)cc1C. The molecule has 0 saturated heterocycles. The van der Waals surface area contributed by atoms with Gasteiger partial charge in [0.2, 0.25) is 0 Å². The van der Waals surface area contributed by atoms with E-state index in [1.807, 2.05) is 19.1 Å². The first-order valence-electron chi connectivity index (χ1n) is 7.19. The van der Waals surface area contributed by atoms with Gasteiger partial charge in [-0.2, -0.15) is 0 Å². The Hall–Kier alpha value is -2.28. The fourth-order valence-corrected chi connectivity index (χ4v) is 2.44. The van der Waals surface area contributed by atoms with Crippen LogP contribution in [0.2, 0.25) is 0 Å². The van der Waals surface area contributed by atoms with Crippen molar-refractivity contribution in [2.24, 2.45) is 0 Å². The summed E-state index contributed by atoms with van der Waals surface area (Å²) in [7, 11) is 0. The maximum absolute atomic E-state index is 4.20. The van der Waals surface area contributed by atoms with Crippen LogP contribution in [0.25, 0.3) is 11.3 Å². The number of aryl methyl sites for hydroxylation is 3. The van der Waals surface area contributed by atoms with Crippen molar-refractivity contribution in [1.29, 1.82) is 0 Å². The van der Waals surface area contributed by atoms with Gasteiger partial charge in [0.05, 0.1) is 0 Å². The zero-order chi connectivity index (χ0) is 15.6. The second kappa shape index (κ2) is 6.01. The predicted molar refractivity (Wildman–Crippen MR) is 94.5 cm³/mol. The van der Waals surface area contributed by atoms with Gasteiger partial charge in [-0.15, -0.1) is 0 Å². The van der Waals surface area contributed by atoms with E-state index in [0.717, 1.165) is 28.1 Å². The number of anilines is 1. The number of allylic oxidation sites excluding steroid dienone is 1. The second-order valence-corrected chi connectivity index (χ2v) is 5.68. The van der Waals surface area contributed by atoms with E-state index in [2.05, 4.69) is 63.5 Å². The topological polar surface area (TPSA) is 12.0 Å². The summed E-state index contributed by atoms with van der Waals surface area (Å²) in [6.07, 6.45) is 0. The van der Waals surface area contributed by atoms with Crippen molar-refractivity contribution in [3.05, 3.63) is 77.4 Å². The molecule has 2 aromatic carbocycles. The number of hydrogen-bond acceptors (Lipinski definition) is 1. The molecule has 0 spiro atoms. The summed E-state index contributed by atoms with van der Waals surface area (Å²) in [5, 5.41) is 3.45. The van der Waals surface area contributed by atoms with E-state index in [-0.39, 0.29) is 0 Å². The molecule has 21 heavy (non-hydrogen) atoms. The van der Waals surface area contributed by atoms with Crippen molar-refractivity contribution >= 4 is 17.0 Å². The molecule has 1 N–H and O–H groups in total. The van der Waals surface area contributed by atoms with Crippen LogP contribution < -0.4 is 5.32 Å². The zero-order valence-corrected chi connectivity index (χ0v) is 13.4. The Morgan fingerprint density at radius 2 is 1.43 bits per heavy atom. The maximum atomic E-state index is 4.20. The van der Waals surface area contributed by atoms with Crippen molar-refractivity contribution in [1.82, 2.24) is 0 Å². The molecule has 0 unspecified atom stereocenters. The van der Waals surface area contributed by atoms with Gasteiger partial charge in [0.1, 0.15) is 0 Å². The van der Waals surface area contributed by atoms with Gasteiger partial charge in [-0.25, -0.2) is 0 Å². The Balaban J connectivity index is 2.35. The molecule has 0 fully saturated rings. The highest BCUT2D eigenvalue weighted by Gasteiger charge is 2.08. The highest BCUT2D eigenvalue weighted by Crippen LogP contribution is 2.27. The molecule has 0 heterocycles. The molecule has 0 amide bonds. The van der Waals surface area contributed by atoms with Crippen LogP contribution >= 0.6 is 0 Å². The summed E-state index contributed by atoms with van der Waals surface area (Å²) in [4.78, 5) is 0. The molecular weight excluding hydrogens is 254 g/mol. The minimum Gasteiger partial charge on any atom is -0.355 e. The first-order valence-corrected chi connectivity index (χ1v) is 7.19. The molecule has 2 aromatic rings. The van der Waals surface area contributed by atoms with Gasteiger partial charge in [-0.3, -0.25) is 0 Å². The van der Waals surface area contributed by atoms with Gasteiger partial charge in [-0.1, -0.05) is 49.1 Å². The minimum absolute atomic E-state index is 0.903. The van der Waals surface area contributed by atoms with Crippen molar-refractivity contribution in [2.75, 3.05) is 5.32 Å². The van der Waals surface area contributed by atoms with Crippen LogP contribution in [0.15, 0.2) is 49.6 Å². The predicted octanol–water partition coefficient (Wildman–Crippen LogP) is 5.73. The van der Waals surface area contributed by atoms with Gasteiger partial charge in [0.25, 0.3) is 0 Å². The lowest BCUT2D eigenvalue weighted by Crippen LogP contribution is -2.02. The van der Waals surface area contributed by atoms with Crippen LogP contribution in [-0.2, 0) is 0 Å².